The minimum atomic E-state index is -0.110. The molecule has 0 spiro atoms. The van der Waals surface area contributed by atoms with Crippen molar-refractivity contribution in [3.63, 3.8) is 0 Å². The first-order valence-electron chi connectivity index (χ1n) is 9.27. The zero-order valence-corrected chi connectivity index (χ0v) is 17.3. The van der Waals surface area contributed by atoms with Crippen molar-refractivity contribution in [2.45, 2.75) is 31.8 Å². The lowest BCUT2D eigenvalue weighted by molar-refractivity contribution is 0.231. The monoisotopic (exact) mass is 431 g/mol. The Hall–Kier alpha value is -2.21. The standard InChI is InChI=1S/C21H26BrN3O2/c1-15(19-5-3-4-6-20(19)22)23-21(26)24-16-11-13-25(14-12-16)17-7-9-18(27-2)10-8-17/h3-10,15-16H,11-14H2,1-2H3,(H2,23,24,26). The van der Waals surface area contributed by atoms with Crippen LogP contribution < -0.4 is 20.3 Å². The molecule has 2 amide bonds. The van der Waals surface area contributed by atoms with Gasteiger partial charge in [-0.15, -0.1) is 0 Å². The normalized spacial score (nSPS) is 15.9. The second-order valence-electron chi connectivity index (χ2n) is 6.82. The van der Waals surface area contributed by atoms with E-state index < -0.39 is 0 Å². The lowest BCUT2D eigenvalue weighted by Crippen LogP contribution is -2.48. The quantitative estimate of drug-likeness (QED) is 0.732. The Morgan fingerprint density at radius 3 is 2.44 bits per heavy atom. The van der Waals surface area contributed by atoms with Crippen molar-refractivity contribution in [2.24, 2.45) is 0 Å². The van der Waals surface area contributed by atoms with Gasteiger partial charge in [0, 0.05) is 29.3 Å². The summed E-state index contributed by atoms with van der Waals surface area (Å²) >= 11 is 3.54. The first-order chi connectivity index (χ1) is 13.1. The molecule has 1 heterocycles. The number of hydrogen-bond acceptors (Lipinski definition) is 3. The number of carbonyl (C=O) groups excluding carboxylic acids is 1. The molecule has 27 heavy (non-hydrogen) atoms. The summed E-state index contributed by atoms with van der Waals surface area (Å²) in [5.74, 6) is 0.867. The van der Waals surface area contributed by atoms with Gasteiger partial charge >= 0.3 is 6.03 Å². The molecule has 0 aromatic heterocycles. The SMILES string of the molecule is COc1ccc(N2CCC(NC(=O)NC(C)c3ccccc3Br)CC2)cc1. The highest BCUT2D eigenvalue weighted by molar-refractivity contribution is 9.10. The van der Waals surface area contributed by atoms with Crippen LogP contribution in [0.1, 0.15) is 31.4 Å². The van der Waals surface area contributed by atoms with Crippen molar-refractivity contribution in [3.8, 4) is 5.75 Å². The summed E-state index contributed by atoms with van der Waals surface area (Å²) in [6.45, 7) is 3.85. The van der Waals surface area contributed by atoms with Gasteiger partial charge in [0.2, 0.25) is 0 Å². The van der Waals surface area contributed by atoms with Crippen LogP contribution >= 0.6 is 15.9 Å². The van der Waals surface area contributed by atoms with E-state index in [0.29, 0.717) is 0 Å². The van der Waals surface area contributed by atoms with E-state index in [0.717, 1.165) is 41.7 Å². The van der Waals surface area contributed by atoms with Gasteiger partial charge in [-0.3, -0.25) is 0 Å². The minimum Gasteiger partial charge on any atom is -0.497 e. The molecule has 0 saturated carbocycles. The fourth-order valence-corrected chi connectivity index (χ4v) is 4.03. The van der Waals surface area contributed by atoms with Crippen LogP contribution in [0.25, 0.3) is 0 Å². The van der Waals surface area contributed by atoms with Crippen LogP contribution in [-0.2, 0) is 0 Å². The Balaban J connectivity index is 1.47. The smallest absolute Gasteiger partial charge is 0.315 e. The second kappa shape index (κ2) is 9.13. The van der Waals surface area contributed by atoms with E-state index in [2.05, 4.69) is 43.6 Å². The fraction of sp³-hybridized carbons (Fsp3) is 0.381. The topological polar surface area (TPSA) is 53.6 Å². The van der Waals surface area contributed by atoms with Crippen molar-refractivity contribution in [1.29, 1.82) is 0 Å². The number of rotatable bonds is 5. The highest BCUT2D eigenvalue weighted by Gasteiger charge is 2.22. The van der Waals surface area contributed by atoms with E-state index in [-0.39, 0.29) is 18.1 Å². The number of urea groups is 1. The lowest BCUT2D eigenvalue weighted by atomic mass is 10.0. The number of nitrogens with one attached hydrogen (secondary N) is 2. The van der Waals surface area contributed by atoms with E-state index in [1.165, 1.54) is 5.69 Å². The third kappa shape index (κ3) is 5.16. The predicted molar refractivity (Wildman–Crippen MR) is 112 cm³/mol. The highest BCUT2D eigenvalue weighted by atomic mass is 79.9. The van der Waals surface area contributed by atoms with E-state index in [1.54, 1.807) is 7.11 Å². The number of benzene rings is 2. The molecule has 0 aliphatic carbocycles. The van der Waals surface area contributed by atoms with Gasteiger partial charge in [0.1, 0.15) is 5.75 Å². The lowest BCUT2D eigenvalue weighted by Gasteiger charge is -2.34. The average Bonchev–Trinajstić information content (AvgIpc) is 2.69. The van der Waals surface area contributed by atoms with Crippen LogP contribution in [0.15, 0.2) is 53.0 Å². The van der Waals surface area contributed by atoms with E-state index in [1.807, 2.05) is 43.3 Å². The Kier molecular flexibility index (Phi) is 6.61. The molecule has 144 valence electrons. The van der Waals surface area contributed by atoms with Crippen molar-refractivity contribution < 1.29 is 9.53 Å². The Morgan fingerprint density at radius 2 is 1.81 bits per heavy atom. The molecule has 2 N–H and O–H groups in total. The van der Waals surface area contributed by atoms with Crippen LogP contribution in [0, 0.1) is 0 Å². The number of amides is 2. The van der Waals surface area contributed by atoms with E-state index in [9.17, 15) is 4.79 Å². The molecule has 3 rings (SSSR count). The van der Waals surface area contributed by atoms with Gasteiger partial charge < -0.3 is 20.3 Å². The molecule has 2 aromatic carbocycles. The molecule has 1 atom stereocenters. The number of hydrogen-bond donors (Lipinski definition) is 2. The van der Waals surface area contributed by atoms with Crippen LogP contribution in [0.3, 0.4) is 0 Å². The van der Waals surface area contributed by atoms with Crippen LogP contribution in [0.2, 0.25) is 0 Å². The number of ether oxygens (including phenoxy) is 1. The Labute approximate surface area is 169 Å². The van der Waals surface area contributed by atoms with Crippen LogP contribution in [0.4, 0.5) is 10.5 Å². The molecule has 2 aromatic rings. The van der Waals surface area contributed by atoms with Crippen molar-refractivity contribution in [1.82, 2.24) is 10.6 Å². The molecule has 0 radical (unpaired) electrons. The minimum absolute atomic E-state index is 0.0556. The third-order valence-electron chi connectivity index (χ3n) is 4.99. The van der Waals surface area contributed by atoms with Crippen molar-refractivity contribution in [3.05, 3.63) is 58.6 Å². The summed E-state index contributed by atoms with van der Waals surface area (Å²) < 4.78 is 6.22. The van der Waals surface area contributed by atoms with Gasteiger partial charge in [-0.05, 0) is 55.7 Å². The predicted octanol–water partition coefficient (Wildman–Crippen LogP) is 4.49. The van der Waals surface area contributed by atoms with Crippen LogP contribution in [0.5, 0.6) is 5.75 Å². The number of piperidine rings is 1. The molecule has 1 aliphatic rings. The van der Waals surface area contributed by atoms with Gasteiger partial charge in [0.25, 0.3) is 0 Å². The molecule has 1 unspecified atom stereocenters. The number of anilines is 1. The summed E-state index contributed by atoms with van der Waals surface area (Å²) in [6, 6.07) is 16.1. The van der Waals surface area contributed by atoms with Gasteiger partial charge in [-0.25, -0.2) is 4.79 Å². The molecular formula is C21H26BrN3O2. The summed E-state index contributed by atoms with van der Waals surface area (Å²) in [5, 5.41) is 6.15. The second-order valence-corrected chi connectivity index (χ2v) is 7.67. The summed E-state index contributed by atoms with van der Waals surface area (Å²) in [6.07, 6.45) is 1.87. The molecular weight excluding hydrogens is 406 g/mol. The molecule has 5 nitrogen and oxygen atoms in total. The van der Waals surface area contributed by atoms with Gasteiger partial charge in [-0.2, -0.15) is 0 Å². The van der Waals surface area contributed by atoms with Crippen molar-refractivity contribution in [2.75, 3.05) is 25.1 Å². The fourth-order valence-electron chi connectivity index (χ4n) is 3.40. The van der Waals surface area contributed by atoms with Gasteiger partial charge in [-0.1, -0.05) is 34.1 Å². The number of carbonyl (C=O) groups is 1. The summed E-state index contributed by atoms with van der Waals surface area (Å²) in [7, 11) is 1.68. The highest BCUT2D eigenvalue weighted by Crippen LogP contribution is 2.24. The van der Waals surface area contributed by atoms with E-state index >= 15 is 0 Å². The summed E-state index contributed by atoms with van der Waals surface area (Å²) in [5.41, 5.74) is 2.27. The van der Waals surface area contributed by atoms with Gasteiger partial charge in [0.05, 0.1) is 13.2 Å². The molecule has 0 bridgehead atoms. The average molecular weight is 432 g/mol. The maximum atomic E-state index is 12.4. The number of methoxy groups -OCH3 is 1. The Morgan fingerprint density at radius 1 is 1.15 bits per heavy atom. The maximum absolute atomic E-state index is 12.4. The third-order valence-corrected chi connectivity index (χ3v) is 5.71. The zero-order valence-electron chi connectivity index (χ0n) is 15.7. The first kappa shape index (κ1) is 19.5. The maximum Gasteiger partial charge on any atom is 0.315 e. The zero-order chi connectivity index (χ0) is 19.2. The Bertz CT molecular complexity index is 758. The summed E-state index contributed by atoms with van der Waals surface area (Å²) in [4.78, 5) is 14.7. The van der Waals surface area contributed by atoms with Crippen LogP contribution in [-0.4, -0.2) is 32.3 Å². The van der Waals surface area contributed by atoms with E-state index in [4.69, 9.17) is 4.74 Å². The molecule has 1 fully saturated rings. The largest absolute Gasteiger partial charge is 0.497 e. The number of nitrogens with zero attached hydrogens (tertiary/aromatic N) is 1. The molecule has 6 heteroatoms. The first-order valence-corrected chi connectivity index (χ1v) is 10.1. The number of halogens is 1. The van der Waals surface area contributed by atoms with Gasteiger partial charge in [0.15, 0.2) is 0 Å². The molecule has 1 saturated heterocycles. The molecule has 1 aliphatic heterocycles. The van der Waals surface area contributed by atoms with Crippen molar-refractivity contribution >= 4 is 27.6 Å².